The summed E-state index contributed by atoms with van der Waals surface area (Å²) in [6.07, 6.45) is 4.99. The molecule has 1 aliphatic carbocycles. The predicted octanol–water partition coefficient (Wildman–Crippen LogP) is 4.42. The van der Waals surface area contributed by atoms with E-state index in [-0.39, 0.29) is 11.8 Å². The van der Waals surface area contributed by atoms with Crippen LogP contribution in [0.2, 0.25) is 0 Å². The van der Waals surface area contributed by atoms with Crippen LogP contribution in [0, 0.1) is 11.8 Å². The van der Waals surface area contributed by atoms with Gasteiger partial charge in [0.05, 0.1) is 25.6 Å². The van der Waals surface area contributed by atoms with Crippen molar-refractivity contribution in [1.82, 2.24) is 10.2 Å². The largest absolute Gasteiger partial charge is 0.497 e. The van der Waals surface area contributed by atoms with Crippen LogP contribution in [0.25, 0.3) is 11.3 Å². The lowest BCUT2D eigenvalue weighted by Gasteiger charge is -2.14. The highest BCUT2D eigenvalue weighted by atomic mass is 16.5. The van der Waals surface area contributed by atoms with Crippen LogP contribution in [-0.4, -0.2) is 30.3 Å². The first-order valence-corrected chi connectivity index (χ1v) is 9.64. The lowest BCUT2D eigenvalue weighted by atomic mass is 10.0. The standard InChI is InChI=1S/C21H29N3O3/c1-13(2)11-17-20(22-21(25)14-7-5-6-8-14)19(24-23-17)16-10-9-15(26-3)12-18(16)27-4/h9-10,12-14H,5-8,11H2,1-4H3,(H,22,25)(H,23,24). The van der Waals surface area contributed by atoms with Gasteiger partial charge in [-0.2, -0.15) is 5.10 Å². The summed E-state index contributed by atoms with van der Waals surface area (Å²) in [6.45, 7) is 4.30. The molecule has 1 heterocycles. The number of benzene rings is 1. The number of aromatic nitrogens is 2. The summed E-state index contributed by atoms with van der Waals surface area (Å²) in [4.78, 5) is 12.8. The Morgan fingerprint density at radius 3 is 2.63 bits per heavy atom. The average Bonchev–Trinajstić information content (AvgIpc) is 3.32. The van der Waals surface area contributed by atoms with Gasteiger partial charge in [0.15, 0.2) is 0 Å². The van der Waals surface area contributed by atoms with E-state index in [2.05, 4.69) is 29.4 Å². The van der Waals surface area contributed by atoms with E-state index in [9.17, 15) is 4.79 Å². The molecule has 1 amide bonds. The molecule has 2 N–H and O–H groups in total. The van der Waals surface area contributed by atoms with E-state index < -0.39 is 0 Å². The van der Waals surface area contributed by atoms with Crippen molar-refractivity contribution in [3.05, 3.63) is 23.9 Å². The average molecular weight is 371 g/mol. The van der Waals surface area contributed by atoms with Crippen LogP contribution in [0.3, 0.4) is 0 Å². The Labute approximate surface area is 160 Å². The van der Waals surface area contributed by atoms with E-state index >= 15 is 0 Å². The Morgan fingerprint density at radius 1 is 1.26 bits per heavy atom. The molecule has 1 aliphatic rings. The van der Waals surface area contributed by atoms with Crippen molar-refractivity contribution in [2.45, 2.75) is 46.0 Å². The van der Waals surface area contributed by atoms with Crippen molar-refractivity contribution in [2.75, 3.05) is 19.5 Å². The van der Waals surface area contributed by atoms with Crippen molar-refractivity contribution < 1.29 is 14.3 Å². The topological polar surface area (TPSA) is 76.2 Å². The maximum absolute atomic E-state index is 12.8. The van der Waals surface area contributed by atoms with Crippen LogP contribution < -0.4 is 14.8 Å². The second kappa shape index (κ2) is 8.46. The number of nitrogens with zero attached hydrogens (tertiary/aromatic N) is 1. The van der Waals surface area contributed by atoms with Gasteiger partial charge in [0.2, 0.25) is 5.91 Å². The summed E-state index contributed by atoms with van der Waals surface area (Å²) in [7, 11) is 3.24. The number of amides is 1. The fourth-order valence-corrected chi connectivity index (χ4v) is 3.67. The van der Waals surface area contributed by atoms with E-state index in [0.717, 1.165) is 49.0 Å². The van der Waals surface area contributed by atoms with Crippen LogP contribution in [0.1, 0.15) is 45.2 Å². The molecule has 146 valence electrons. The second-order valence-corrected chi connectivity index (χ2v) is 7.56. The molecule has 1 aromatic carbocycles. The molecular weight excluding hydrogens is 342 g/mol. The number of carbonyl (C=O) groups is 1. The second-order valence-electron chi connectivity index (χ2n) is 7.56. The van der Waals surface area contributed by atoms with Crippen molar-refractivity contribution in [3.63, 3.8) is 0 Å². The summed E-state index contributed by atoms with van der Waals surface area (Å²) < 4.78 is 10.8. The Morgan fingerprint density at radius 2 is 2.00 bits per heavy atom. The van der Waals surface area contributed by atoms with Crippen LogP contribution in [0.15, 0.2) is 18.2 Å². The summed E-state index contributed by atoms with van der Waals surface area (Å²) in [5, 5.41) is 10.8. The van der Waals surface area contributed by atoms with Crippen molar-refractivity contribution in [3.8, 4) is 22.8 Å². The lowest BCUT2D eigenvalue weighted by Crippen LogP contribution is -2.21. The Bertz CT molecular complexity index is 792. The van der Waals surface area contributed by atoms with E-state index in [1.54, 1.807) is 14.2 Å². The monoisotopic (exact) mass is 371 g/mol. The van der Waals surface area contributed by atoms with Gasteiger partial charge in [-0.1, -0.05) is 26.7 Å². The van der Waals surface area contributed by atoms with Crippen LogP contribution >= 0.6 is 0 Å². The third-order valence-electron chi connectivity index (χ3n) is 5.09. The molecule has 0 bridgehead atoms. The SMILES string of the molecule is COc1ccc(-c2n[nH]c(CC(C)C)c2NC(=O)C2CCCC2)c(OC)c1. The molecule has 0 spiro atoms. The number of anilines is 1. The van der Waals surface area contributed by atoms with Crippen molar-refractivity contribution in [1.29, 1.82) is 0 Å². The van der Waals surface area contributed by atoms with Crippen LogP contribution in [0.5, 0.6) is 11.5 Å². The summed E-state index contributed by atoms with van der Waals surface area (Å²) >= 11 is 0. The number of H-pyrrole nitrogens is 1. The highest BCUT2D eigenvalue weighted by Gasteiger charge is 2.26. The maximum atomic E-state index is 12.8. The quantitative estimate of drug-likeness (QED) is 0.755. The first-order valence-electron chi connectivity index (χ1n) is 9.64. The molecule has 6 nitrogen and oxygen atoms in total. The number of hydrogen-bond donors (Lipinski definition) is 2. The van der Waals surface area contributed by atoms with Gasteiger partial charge >= 0.3 is 0 Å². The molecule has 2 aromatic rings. The Kier molecular flexibility index (Phi) is 6.04. The third kappa shape index (κ3) is 4.26. The molecule has 0 atom stereocenters. The summed E-state index contributed by atoms with van der Waals surface area (Å²) in [6, 6.07) is 5.62. The molecular formula is C21H29N3O3. The molecule has 1 aromatic heterocycles. The zero-order chi connectivity index (χ0) is 19.4. The zero-order valence-electron chi connectivity index (χ0n) is 16.6. The van der Waals surface area contributed by atoms with E-state index in [4.69, 9.17) is 9.47 Å². The molecule has 1 fully saturated rings. The molecule has 27 heavy (non-hydrogen) atoms. The number of hydrogen-bond acceptors (Lipinski definition) is 4. The molecule has 1 saturated carbocycles. The number of aromatic amines is 1. The Balaban J connectivity index is 1.99. The highest BCUT2D eigenvalue weighted by molar-refractivity contribution is 5.97. The highest BCUT2D eigenvalue weighted by Crippen LogP contribution is 2.38. The van der Waals surface area contributed by atoms with Gasteiger partial charge in [0, 0.05) is 17.5 Å². The lowest BCUT2D eigenvalue weighted by molar-refractivity contribution is -0.119. The number of nitrogens with one attached hydrogen (secondary N) is 2. The molecule has 0 saturated heterocycles. The van der Waals surface area contributed by atoms with E-state index in [1.807, 2.05) is 18.2 Å². The van der Waals surface area contributed by atoms with Gasteiger partial charge in [0.25, 0.3) is 0 Å². The first kappa shape index (κ1) is 19.3. The normalized spacial score (nSPS) is 14.6. The van der Waals surface area contributed by atoms with Gasteiger partial charge in [-0.3, -0.25) is 9.89 Å². The molecule has 3 rings (SSSR count). The van der Waals surface area contributed by atoms with Gasteiger partial charge < -0.3 is 14.8 Å². The maximum Gasteiger partial charge on any atom is 0.227 e. The number of carbonyl (C=O) groups excluding carboxylic acids is 1. The number of ether oxygens (including phenoxy) is 2. The van der Waals surface area contributed by atoms with Crippen molar-refractivity contribution in [2.24, 2.45) is 11.8 Å². The molecule has 0 radical (unpaired) electrons. The number of methoxy groups -OCH3 is 2. The smallest absolute Gasteiger partial charge is 0.227 e. The van der Waals surface area contributed by atoms with Gasteiger partial charge in [-0.25, -0.2) is 0 Å². The minimum absolute atomic E-state index is 0.0904. The first-order chi connectivity index (χ1) is 13.0. The summed E-state index contributed by atoms with van der Waals surface area (Å²) in [5.74, 6) is 2.00. The minimum Gasteiger partial charge on any atom is -0.497 e. The van der Waals surface area contributed by atoms with Crippen LogP contribution in [0.4, 0.5) is 5.69 Å². The number of rotatable bonds is 7. The molecule has 0 aliphatic heterocycles. The predicted molar refractivity (Wildman–Crippen MR) is 106 cm³/mol. The molecule has 6 heteroatoms. The summed E-state index contributed by atoms with van der Waals surface area (Å²) in [5.41, 5.74) is 3.25. The minimum atomic E-state index is 0.0904. The van der Waals surface area contributed by atoms with E-state index in [0.29, 0.717) is 23.1 Å². The van der Waals surface area contributed by atoms with Gasteiger partial charge in [-0.15, -0.1) is 0 Å². The Hall–Kier alpha value is -2.50. The molecule has 0 unspecified atom stereocenters. The van der Waals surface area contributed by atoms with E-state index in [1.165, 1.54) is 0 Å². The third-order valence-corrected chi connectivity index (χ3v) is 5.09. The van der Waals surface area contributed by atoms with Crippen LogP contribution in [-0.2, 0) is 11.2 Å². The van der Waals surface area contributed by atoms with Gasteiger partial charge in [0.1, 0.15) is 17.2 Å². The van der Waals surface area contributed by atoms with Gasteiger partial charge in [-0.05, 0) is 37.3 Å². The zero-order valence-corrected chi connectivity index (χ0v) is 16.6. The fraction of sp³-hybridized carbons (Fsp3) is 0.524. The fourth-order valence-electron chi connectivity index (χ4n) is 3.67. The van der Waals surface area contributed by atoms with Crippen molar-refractivity contribution >= 4 is 11.6 Å².